The zero-order chi connectivity index (χ0) is 21.7. The minimum Gasteiger partial charge on any atom is -0.484 e. The van der Waals surface area contributed by atoms with Crippen LogP contribution in [0.1, 0.15) is 25.3 Å². The second kappa shape index (κ2) is 9.64. The normalized spacial score (nSPS) is 17.6. The molecule has 0 radical (unpaired) electrons. The predicted molar refractivity (Wildman–Crippen MR) is 124 cm³/mol. The lowest BCUT2D eigenvalue weighted by molar-refractivity contribution is -0.136. The summed E-state index contributed by atoms with van der Waals surface area (Å²) in [5.74, 6) is 1.64. The highest BCUT2D eigenvalue weighted by atomic mass is 32.2. The molecule has 2 aliphatic rings. The first kappa shape index (κ1) is 21.6. The summed E-state index contributed by atoms with van der Waals surface area (Å²) in [6.07, 6.45) is 2.53. The first-order valence-corrected chi connectivity index (χ1v) is 11.9. The molecule has 0 aromatic heterocycles. The lowest BCUT2D eigenvalue weighted by atomic mass is 10.0. The summed E-state index contributed by atoms with van der Waals surface area (Å²) >= 11 is 1.84. The van der Waals surface area contributed by atoms with Crippen molar-refractivity contribution in [1.29, 1.82) is 0 Å². The van der Waals surface area contributed by atoms with Crippen LogP contribution >= 0.6 is 11.8 Å². The second-order valence-corrected chi connectivity index (χ2v) is 9.37. The van der Waals surface area contributed by atoms with E-state index in [1.54, 1.807) is 0 Å². The maximum atomic E-state index is 12.9. The first-order valence-electron chi connectivity index (χ1n) is 10.9. The van der Waals surface area contributed by atoms with Gasteiger partial charge < -0.3 is 19.9 Å². The molecule has 0 saturated carbocycles. The largest absolute Gasteiger partial charge is 0.484 e. The van der Waals surface area contributed by atoms with Crippen molar-refractivity contribution in [3.63, 3.8) is 0 Å². The van der Waals surface area contributed by atoms with Gasteiger partial charge in [-0.15, -0.1) is 11.8 Å². The Hall–Kier alpha value is -2.67. The number of rotatable bonds is 5. The molecule has 6 nitrogen and oxygen atoms in total. The molecule has 2 saturated heterocycles. The van der Waals surface area contributed by atoms with Crippen LogP contribution in [0.4, 0.5) is 10.5 Å². The summed E-state index contributed by atoms with van der Waals surface area (Å²) in [6.45, 7) is 4.16. The zero-order valence-electron chi connectivity index (χ0n) is 17.9. The fourth-order valence-electron chi connectivity index (χ4n) is 4.20. The van der Waals surface area contributed by atoms with E-state index in [4.69, 9.17) is 4.74 Å². The molecule has 0 unspecified atom stereocenters. The number of likely N-dealkylation sites (tertiary alicyclic amines) is 1. The highest BCUT2D eigenvalue weighted by Gasteiger charge is 2.46. The van der Waals surface area contributed by atoms with Crippen molar-refractivity contribution >= 4 is 29.4 Å². The van der Waals surface area contributed by atoms with Crippen LogP contribution in [0.25, 0.3) is 0 Å². The smallest absolute Gasteiger partial charge is 0.321 e. The number of nitrogens with one attached hydrogen (secondary N) is 1. The van der Waals surface area contributed by atoms with Crippen molar-refractivity contribution < 1.29 is 14.3 Å². The molecule has 7 heteroatoms. The Morgan fingerprint density at radius 3 is 2.42 bits per heavy atom. The third-order valence-electron chi connectivity index (χ3n) is 6.03. The molecule has 2 aliphatic heterocycles. The number of para-hydroxylation sites is 1. The number of urea groups is 1. The van der Waals surface area contributed by atoms with Crippen LogP contribution in [0, 0.1) is 0 Å². The molecule has 1 N–H and O–H groups in total. The molecule has 4 rings (SSSR count). The number of thioether (sulfide) groups is 1. The van der Waals surface area contributed by atoms with Crippen LogP contribution in [0.3, 0.4) is 0 Å². The van der Waals surface area contributed by atoms with E-state index in [-0.39, 0.29) is 23.4 Å². The van der Waals surface area contributed by atoms with Crippen molar-refractivity contribution in [2.24, 2.45) is 0 Å². The van der Waals surface area contributed by atoms with Crippen LogP contribution < -0.4 is 10.1 Å². The van der Waals surface area contributed by atoms with Gasteiger partial charge in [0.25, 0.3) is 5.91 Å². The zero-order valence-corrected chi connectivity index (χ0v) is 18.7. The minimum atomic E-state index is -0.226. The van der Waals surface area contributed by atoms with Gasteiger partial charge in [-0.3, -0.25) is 4.79 Å². The Balaban J connectivity index is 1.31. The van der Waals surface area contributed by atoms with Crippen molar-refractivity contribution in [3.05, 3.63) is 60.2 Å². The van der Waals surface area contributed by atoms with Crippen LogP contribution in [0.2, 0.25) is 0 Å². The van der Waals surface area contributed by atoms with Gasteiger partial charge in [-0.1, -0.05) is 37.3 Å². The summed E-state index contributed by atoms with van der Waals surface area (Å²) in [4.78, 5) is 29.2. The molecule has 2 fully saturated rings. The Morgan fingerprint density at radius 1 is 1.03 bits per heavy atom. The molecule has 0 atom stereocenters. The lowest BCUT2D eigenvalue weighted by Crippen LogP contribution is -2.55. The maximum Gasteiger partial charge on any atom is 0.321 e. The number of amides is 3. The number of anilines is 1. The summed E-state index contributed by atoms with van der Waals surface area (Å²) < 4.78 is 5.68. The SMILES string of the molecule is CCc1ccc(NC(=O)N2CCC3(CC2)SCCN3C(=O)COc2ccccc2)cc1. The van der Waals surface area contributed by atoms with Gasteiger partial charge in [0.05, 0.1) is 4.87 Å². The number of carbonyl (C=O) groups is 2. The van der Waals surface area contributed by atoms with Crippen molar-refractivity contribution in [3.8, 4) is 5.75 Å². The van der Waals surface area contributed by atoms with Crippen molar-refractivity contribution in [1.82, 2.24) is 9.80 Å². The van der Waals surface area contributed by atoms with Gasteiger partial charge in [0, 0.05) is 31.1 Å². The van der Waals surface area contributed by atoms with Gasteiger partial charge in [-0.05, 0) is 49.1 Å². The van der Waals surface area contributed by atoms with Gasteiger partial charge >= 0.3 is 6.03 Å². The number of nitrogens with zero attached hydrogens (tertiary/aromatic N) is 2. The topological polar surface area (TPSA) is 61.9 Å². The van der Waals surface area contributed by atoms with E-state index in [2.05, 4.69) is 12.2 Å². The van der Waals surface area contributed by atoms with Gasteiger partial charge in [-0.25, -0.2) is 4.79 Å². The van der Waals surface area contributed by atoms with E-state index in [0.717, 1.165) is 37.2 Å². The molecule has 1 spiro atoms. The Bertz CT molecular complexity index is 896. The molecular weight excluding hydrogens is 410 g/mol. The average Bonchev–Trinajstić information content (AvgIpc) is 3.22. The second-order valence-electron chi connectivity index (χ2n) is 7.91. The first-order chi connectivity index (χ1) is 15.1. The fourth-order valence-corrected chi connectivity index (χ4v) is 5.67. The summed E-state index contributed by atoms with van der Waals surface area (Å²) in [5.41, 5.74) is 2.06. The number of benzene rings is 2. The lowest BCUT2D eigenvalue weighted by Gasteiger charge is -2.43. The predicted octanol–water partition coefficient (Wildman–Crippen LogP) is 4.23. The van der Waals surface area contributed by atoms with Gasteiger partial charge in [0.2, 0.25) is 0 Å². The van der Waals surface area contributed by atoms with E-state index in [0.29, 0.717) is 18.8 Å². The number of hydrogen-bond donors (Lipinski definition) is 1. The summed E-state index contributed by atoms with van der Waals surface area (Å²) in [5, 5.41) is 2.99. The van der Waals surface area contributed by atoms with Crippen LogP contribution in [-0.2, 0) is 11.2 Å². The van der Waals surface area contributed by atoms with E-state index in [1.807, 2.05) is 76.2 Å². The van der Waals surface area contributed by atoms with Crippen molar-refractivity contribution in [2.75, 3.05) is 37.3 Å². The Kier molecular flexibility index (Phi) is 6.70. The number of piperidine rings is 1. The van der Waals surface area contributed by atoms with E-state index in [1.165, 1.54) is 5.56 Å². The van der Waals surface area contributed by atoms with Gasteiger partial charge in [-0.2, -0.15) is 0 Å². The number of hydrogen-bond acceptors (Lipinski definition) is 4. The maximum absolute atomic E-state index is 12.9. The molecule has 2 heterocycles. The molecule has 31 heavy (non-hydrogen) atoms. The van der Waals surface area contributed by atoms with Crippen LogP contribution in [0.5, 0.6) is 5.75 Å². The molecule has 0 bridgehead atoms. The molecular formula is C24H29N3O3S. The molecule has 2 aromatic rings. The van der Waals surface area contributed by atoms with E-state index in [9.17, 15) is 9.59 Å². The highest BCUT2D eigenvalue weighted by molar-refractivity contribution is 8.00. The molecule has 0 aliphatic carbocycles. The Morgan fingerprint density at radius 2 is 1.74 bits per heavy atom. The van der Waals surface area contributed by atoms with Crippen molar-refractivity contribution in [2.45, 2.75) is 31.1 Å². The van der Waals surface area contributed by atoms with Gasteiger partial charge in [0.15, 0.2) is 6.61 Å². The molecule has 3 amide bonds. The molecule has 164 valence electrons. The quantitative estimate of drug-likeness (QED) is 0.758. The van der Waals surface area contributed by atoms with E-state index >= 15 is 0 Å². The molecule has 2 aromatic carbocycles. The number of aryl methyl sites for hydroxylation is 1. The van der Waals surface area contributed by atoms with E-state index < -0.39 is 0 Å². The summed E-state index contributed by atoms with van der Waals surface area (Å²) in [7, 11) is 0. The van der Waals surface area contributed by atoms with Crippen LogP contribution in [-0.4, -0.2) is 58.6 Å². The third-order valence-corrected chi connectivity index (χ3v) is 7.58. The highest BCUT2D eigenvalue weighted by Crippen LogP contribution is 2.44. The number of ether oxygens (including phenoxy) is 1. The third kappa shape index (κ3) is 4.98. The van der Waals surface area contributed by atoms with Crippen LogP contribution in [0.15, 0.2) is 54.6 Å². The minimum absolute atomic E-state index is 0.0165. The summed E-state index contributed by atoms with van der Waals surface area (Å²) in [6, 6.07) is 17.3. The standard InChI is InChI=1S/C24H29N3O3S/c1-2-19-8-10-20(11-9-19)25-23(29)26-14-12-24(13-15-26)27(16-17-31-24)22(28)18-30-21-6-4-3-5-7-21/h3-11H,2,12-18H2,1H3,(H,25,29). The Labute approximate surface area is 187 Å². The monoisotopic (exact) mass is 439 g/mol. The average molecular weight is 440 g/mol. The van der Waals surface area contributed by atoms with Gasteiger partial charge in [0.1, 0.15) is 5.75 Å². The number of carbonyl (C=O) groups excluding carboxylic acids is 2. The fraction of sp³-hybridized carbons (Fsp3) is 0.417.